The Bertz CT molecular complexity index is 4.14. The summed E-state index contributed by atoms with van der Waals surface area (Å²) in [5, 5.41) is 0. The summed E-state index contributed by atoms with van der Waals surface area (Å²) in [7, 11) is 0. The van der Waals surface area contributed by atoms with Gasteiger partial charge in [0.05, 0.1) is 0 Å². The maximum absolute atomic E-state index is 0. The van der Waals surface area contributed by atoms with E-state index in [4.69, 9.17) is 0 Å². The Morgan fingerprint density at radius 3 is 0.286 bits per heavy atom. The standard InChI is InChI=1S/6BrH.Cr/h6*1H;/q;;;;;;+6/p-6. The fourth-order valence-corrected chi connectivity index (χ4v) is 0. The predicted octanol–water partition coefficient (Wildman–Crippen LogP) is -18.0. The summed E-state index contributed by atoms with van der Waals surface area (Å²) in [4.78, 5) is 0. The van der Waals surface area contributed by atoms with Crippen molar-refractivity contribution in [1.82, 2.24) is 0 Å². The Balaban J connectivity index is 0. The van der Waals surface area contributed by atoms with Gasteiger partial charge < -0.3 is 102 Å². The van der Waals surface area contributed by atoms with E-state index >= 15 is 0 Å². The molecule has 0 nitrogen and oxygen atoms in total. The van der Waals surface area contributed by atoms with Crippen LogP contribution in [-0.2, 0) is 17.4 Å². The van der Waals surface area contributed by atoms with E-state index in [-0.39, 0.29) is 119 Å². The molecule has 0 saturated carbocycles. The predicted molar refractivity (Wildman–Crippen MR) is 0 cm³/mol. The van der Waals surface area contributed by atoms with Crippen LogP contribution in [0.3, 0.4) is 0 Å². The average molecular weight is 531 g/mol. The van der Waals surface area contributed by atoms with Gasteiger partial charge in [-0.3, -0.25) is 0 Å². The van der Waals surface area contributed by atoms with Crippen molar-refractivity contribution in [3.8, 4) is 0 Å². The van der Waals surface area contributed by atoms with E-state index in [9.17, 15) is 0 Å². The molecule has 0 radical (unpaired) electrons. The molecule has 0 bridgehead atoms. The van der Waals surface area contributed by atoms with Crippen LogP contribution >= 0.6 is 0 Å². The van der Waals surface area contributed by atoms with Gasteiger partial charge >= 0.3 is 17.4 Å². The van der Waals surface area contributed by atoms with Crippen LogP contribution in [0.5, 0.6) is 0 Å². The number of hydrogen-bond donors (Lipinski definition) is 0. The summed E-state index contributed by atoms with van der Waals surface area (Å²) >= 11 is 0. The quantitative estimate of drug-likeness (QED) is 0.292. The van der Waals surface area contributed by atoms with Gasteiger partial charge in [0, 0.05) is 0 Å². The molecule has 0 aromatic heterocycles. The monoisotopic (exact) mass is 525 g/mol. The summed E-state index contributed by atoms with van der Waals surface area (Å²) in [6, 6.07) is 0. The van der Waals surface area contributed by atoms with E-state index < -0.39 is 0 Å². The molecule has 0 aliphatic heterocycles. The third-order valence-electron chi connectivity index (χ3n) is 0. The van der Waals surface area contributed by atoms with Crippen molar-refractivity contribution >= 4 is 0 Å². The number of rotatable bonds is 0. The Kier molecular flexibility index (Phi) is 647. The van der Waals surface area contributed by atoms with E-state index in [0.29, 0.717) is 0 Å². The fourth-order valence-electron chi connectivity index (χ4n) is 0. The first-order chi connectivity index (χ1) is 0. The van der Waals surface area contributed by atoms with Gasteiger partial charge in [-0.2, -0.15) is 0 Å². The minimum absolute atomic E-state index is 0. The van der Waals surface area contributed by atoms with Crippen molar-refractivity contribution in [2.75, 3.05) is 0 Å². The van der Waals surface area contributed by atoms with Gasteiger partial charge in [-0.1, -0.05) is 0 Å². The van der Waals surface area contributed by atoms with Crippen LogP contribution in [0.25, 0.3) is 0 Å². The van der Waals surface area contributed by atoms with Crippen molar-refractivity contribution in [3.63, 3.8) is 0 Å². The van der Waals surface area contributed by atoms with E-state index in [0.717, 1.165) is 0 Å². The number of halogens is 6. The second-order valence-corrected chi connectivity index (χ2v) is 0. The molecule has 0 aromatic carbocycles. The third-order valence-corrected chi connectivity index (χ3v) is 0. The first-order valence-electron chi connectivity index (χ1n) is 0. The molecule has 0 atom stereocenters. The van der Waals surface area contributed by atoms with Gasteiger partial charge in [0.25, 0.3) is 0 Å². The molecule has 0 saturated heterocycles. The van der Waals surface area contributed by atoms with Crippen LogP contribution in [-0.4, -0.2) is 0 Å². The summed E-state index contributed by atoms with van der Waals surface area (Å²) in [5.41, 5.74) is 0. The van der Waals surface area contributed by atoms with Gasteiger partial charge in [-0.05, 0) is 0 Å². The first kappa shape index (κ1) is 79.2. The summed E-state index contributed by atoms with van der Waals surface area (Å²) < 4.78 is 0. The van der Waals surface area contributed by atoms with Gasteiger partial charge in [-0.25, -0.2) is 0 Å². The van der Waals surface area contributed by atoms with E-state index in [1.54, 1.807) is 0 Å². The van der Waals surface area contributed by atoms with Crippen molar-refractivity contribution in [2.24, 2.45) is 0 Å². The molecule has 0 aliphatic rings. The first-order valence-corrected chi connectivity index (χ1v) is 0. The molecular formula is Br6Cr. The molecule has 0 rings (SSSR count). The molecular weight excluding hydrogens is 531 g/mol. The van der Waals surface area contributed by atoms with Crippen molar-refractivity contribution in [3.05, 3.63) is 0 Å². The Labute approximate surface area is 117 Å². The van der Waals surface area contributed by atoms with Crippen LogP contribution in [0.15, 0.2) is 0 Å². The molecule has 0 amide bonds. The van der Waals surface area contributed by atoms with Crippen molar-refractivity contribution in [2.45, 2.75) is 0 Å². The van der Waals surface area contributed by atoms with Crippen molar-refractivity contribution in [1.29, 1.82) is 0 Å². The molecule has 0 heterocycles. The molecule has 0 fully saturated rings. The SMILES string of the molecule is [Br-].[Br-].[Br-].[Br-].[Br-].[Br-].[Cr+6]. The zero-order chi connectivity index (χ0) is 0. The molecule has 0 unspecified atom stereocenters. The zero-order valence-electron chi connectivity index (χ0n) is 2.68. The van der Waals surface area contributed by atoms with Crippen LogP contribution in [0.1, 0.15) is 0 Å². The van der Waals surface area contributed by atoms with Crippen LogP contribution < -0.4 is 102 Å². The second kappa shape index (κ2) is 57.2. The molecule has 0 N–H and O–H groups in total. The smallest absolute Gasteiger partial charge is 1.00 e. The molecule has 0 aromatic rings. The molecule has 48 valence electrons. The summed E-state index contributed by atoms with van der Waals surface area (Å²) in [6.45, 7) is 0. The maximum atomic E-state index is 0. The molecule has 7 heavy (non-hydrogen) atoms. The van der Waals surface area contributed by atoms with Crippen LogP contribution in [0, 0.1) is 0 Å². The van der Waals surface area contributed by atoms with Gasteiger partial charge in [0.2, 0.25) is 0 Å². The minimum Gasteiger partial charge on any atom is -1.00 e. The molecule has 0 aliphatic carbocycles. The molecule has 7 heteroatoms. The Morgan fingerprint density at radius 2 is 0.286 bits per heavy atom. The van der Waals surface area contributed by atoms with E-state index in [1.165, 1.54) is 0 Å². The Hall–Kier alpha value is 3.41. The van der Waals surface area contributed by atoms with Gasteiger partial charge in [0.1, 0.15) is 0 Å². The summed E-state index contributed by atoms with van der Waals surface area (Å²) in [6.07, 6.45) is 0. The van der Waals surface area contributed by atoms with Crippen molar-refractivity contribution < 1.29 is 119 Å². The third kappa shape index (κ3) is 44.4. The second-order valence-electron chi connectivity index (χ2n) is 0. The number of hydrogen-bond acceptors (Lipinski definition) is 0. The van der Waals surface area contributed by atoms with Crippen LogP contribution in [0.2, 0.25) is 0 Å². The normalized spacial score (nSPS) is 0. The molecule has 0 spiro atoms. The summed E-state index contributed by atoms with van der Waals surface area (Å²) in [5.74, 6) is 0. The topological polar surface area (TPSA) is 0 Å². The average Bonchev–Trinajstić information content (AvgIpc) is 0. The largest absolute Gasteiger partial charge is 6.00 e. The van der Waals surface area contributed by atoms with E-state index in [1.807, 2.05) is 0 Å². The minimum atomic E-state index is 0. The van der Waals surface area contributed by atoms with Crippen LogP contribution in [0.4, 0.5) is 0 Å². The maximum Gasteiger partial charge on any atom is 6.00 e. The van der Waals surface area contributed by atoms with Gasteiger partial charge in [0.15, 0.2) is 0 Å². The zero-order valence-corrected chi connectivity index (χ0v) is 13.5. The fraction of sp³-hybridized carbons (Fsp3) is 0. The van der Waals surface area contributed by atoms with E-state index in [2.05, 4.69) is 0 Å². The van der Waals surface area contributed by atoms with Gasteiger partial charge in [-0.15, -0.1) is 0 Å². The Morgan fingerprint density at radius 1 is 0.286 bits per heavy atom.